The first-order valence-corrected chi connectivity index (χ1v) is 6.03. The Hall–Kier alpha value is -1.07. The van der Waals surface area contributed by atoms with Crippen LogP contribution in [-0.2, 0) is 0 Å². The van der Waals surface area contributed by atoms with E-state index in [1.54, 1.807) is 12.1 Å². The van der Waals surface area contributed by atoms with E-state index in [0.29, 0.717) is 11.3 Å². The molecule has 3 N–H and O–H groups in total. The van der Waals surface area contributed by atoms with Crippen molar-refractivity contribution in [1.82, 2.24) is 10.2 Å². The lowest BCUT2D eigenvalue weighted by atomic mass is 10.1. The number of nitrogens with two attached hydrogens (primary N) is 1. The molecule has 2 rings (SSSR count). The first-order valence-electron chi connectivity index (χ1n) is 5.23. The van der Waals surface area contributed by atoms with E-state index in [2.05, 4.69) is 21.2 Å². The molecular weight excluding hydrogens is 270 g/mol. The fraction of sp³-hybridized carbons (Fsp3) is 0.364. The molecule has 5 heteroatoms. The van der Waals surface area contributed by atoms with Gasteiger partial charge in [0, 0.05) is 36.3 Å². The number of amides is 1. The Morgan fingerprint density at radius 2 is 2.06 bits per heavy atom. The van der Waals surface area contributed by atoms with Crippen LogP contribution in [0, 0.1) is 0 Å². The fourth-order valence-corrected chi connectivity index (χ4v) is 2.15. The summed E-state index contributed by atoms with van der Waals surface area (Å²) in [6.45, 7) is 3.19. The zero-order chi connectivity index (χ0) is 11.5. The van der Waals surface area contributed by atoms with E-state index in [1.807, 2.05) is 11.0 Å². The average Bonchev–Trinajstić information content (AvgIpc) is 2.29. The highest BCUT2D eigenvalue weighted by atomic mass is 79.9. The second kappa shape index (κ2) is 4.84. The number of anilines is 1. The monoisotopic (exact) mass is 283 g/mol. The van der Waals surface area contributed by atoms with Gasteiger partial charge in [0.25, 0.3) is 5.91 Å². The highest BCUT2D eigenvalue weighted by Gasteiger charge is 2.19. The molecule has 4 nitrogen and oxygen atoms in total. The van der Waals surface area contributed by atoms with Gasteiger partial charge < -0.3 is 16.0 Å². The van der Waals surface area contributed by atoms with Gasteiger partial charge in [0.2, 0.25) is 0 Å². The number of hydrogen-bond acceptors (Lipinski definition) is 3. The van der Waals surface area contributed by atoms with Crippen molar-refractivity contribution in [3.63, 3.8) is 0 Å². The van der Waals surface area contributed by atoms with Crippen molar-refractivity contribution in [3.8, 4) is 0 Å². The first-order chi connectivity index (χ1) is 7.68. The lowest BCUT2D eigenvalue weighted by Crippen LogP contribution is -2.46. The van der Waals surface area contributed by atoms with Crippen LogP contribution in [0.1, 0.15) is 10.4 Å². The molecule has 0 radical (unpaired) electrons. The van der Waals surface area contributed by atoms with Crippen molar-refractivity contribution in [1.29, 1.82) is 0 Å². The maximum Gasteiger partial charge on any atom is 0.256 e. The Bertz CT molecular complexity index is 402. The largest absolute Gasteiger partial charge is 0.398 e. The van der Waals surface area contributed by atoms with Gasteiger partial charge in [0.05, 0.1) is 5.56 Å². The van der Waals surface area contributed by atoms with Crippen molar-refractivity contribution in [2.45, 2.75) is 0 Å². The molecular formula is C11H14BrN3O. The van der Waals surface area contributed by atoms with Crippen molar-refractivity contribution in [3.05, 3.63) is 28.2 Å². The lowest BCUT2D eigenvalue weighted by Gasteiger charge is -2.27. The summed E-state index contributed by atoms with van der Waals surface area (Å²) in [4.78, 5) is 14.0. The van der Waals surface area contributed by atoms with E-state index < -0.39 is 0 Å². The summed E-state index contributed by atoms with van der Waals surface area (Å²) in [5.74, 6) is 0.0199. The number of piperazine rings is 1. The fourth-order valence-electron chi connectivity index (χ4n) is 1.77. The molecule has 1 aromatic carbocycles. The molecule has 0 aromatic heterocycles. The Labute approximate surface area is 103 Å². The van der Waals surface area contributed by atoms with Crippen LogP contribution in [0.3, 0.4) is 0 Å². The van der Waals surface area contributed by atoms with E-state index in [1.165, 1.54) is 0 Å². The minimum atomic E-state index is 0.0199. The maximum absolute atomic E-state index is 12.1. The summed E-state index contributed by atoms with van der Waals surface area (Å²) in [5.41, 5.74) is 6.95. The average molecular weight is 284 g/mol. The molecule has 0 unspecified atom stereocenters. The number of rotatable bonds is 1. The summed E-state index contributed by atoms with van der Waals surface area (Å²) >= 11 is 3.33. The standard InChI is InChI=1S/C11H14BrN3O/c12-8-1-2-9(10(13)7-8)11(16)15-5-3-14-4-6-15/h1-2,7,14H,3-6,13H2. The van der Waals surface area contributed by atoms with Gasteiger partial charge in [-0.3, -0.25) is 4.79 Å². The van der Waals surface area contributed by atoms with Gasteiger partial charge in [-0.05, 0) is 18.2 Å². The Kier molecular flexibility index (Phi) is 3.46. The quantitative estimate of drug-likeness (QED) is 0.759. The van der Waals surface area contributed by atoms with Crippen LogP contribution < -0.4 is 11.1 Å². The van der Waals surface area contributed by atoms with Crippen LogP contribution in [0.15, 0.2) is 22.7 Å². The summed E-state index contributed by atoms with van der Waals surface area (Å²) < 4.78 is 0.891. The van der Waals surface area contributed by atoms with Crippen LogP contribution in [0.5, 0.6) is 0 Å². The van der Waals surface area contributed by atoms with Gasteiger partial charge in [0.15, 0.2) is 0 Å². The third-order valence-electron chi connectivity index (χ3n) is 2.65. The van der Waals surface area contributed by atoms with Gasteiger partial charge in [-0.1, -0.05) is 15.9 Å². The molecule has 1 aliphatic rings. The molecule has 1 aliphatic heterocycles. The van der Waals surface area contributed by atoms with Gasteiger partial charge in [-0.2, -0.15) is 0 Å². The zero-order valence-electron chi connectivity index (χ0n) is 8.87. The molecule has 0 atom stereocenters. The number of benzene rings is 1. The number of nitrogen functional groups attached to an aromatic ring is 1. The third kappa shape index (κ3) is 2.36. The summed E-state index contributed by atoms with van der Waals surface area (Å²) in [5, 5.41) is 3.21. The zero-order valence-corrected chi connectivity index (χ0v) is 10.5. The Morgan fingerprint density at radius 3 is 2.69 bits per heavy atom. The van der Waals surface area contributed by atoms with E-state index in [9.17, 15) is 4.79 Å². The molecule has 0 saturated carbocycles. The van der Waals surface area contributed by atoms with E-state index in [-0.39, 0.29) is 5.91 Å². The second-order valence-electron chi connectivity index (χ2n) is 3.77. The SMILES string of the molecule is Nc1cc(Br)ccc1C(=O)N1CCNCC1. The predicted octanol–water partition coefficient (Wildman–Crippen LogP) is 1.08. The van der Waals surface area contributed by atoms with E-state index in [4.69, 9.17) is 5.73 Å². The first kappa shape index (κ1) is 11.4. The summed E-state index contributed by atoms with van der Waals surface area (Å²) in [6.07, 6.45) is 0. The molecule has 1 fully saturated rings. The molecule has 1 amide bonds. The van der Waals surface area contributed by atoms with Crippen LogP contribution in [0.2, 0.25) is 0 Å². The number of carbonyl (C=O) groups excluding carboxylic acids is 1. The highest BCUT2D eigenvalue weighted by Crippen LogP contribution is 2.20. The maximum atomic E-state index is 12.1. The normalized spacial score (nSPS) is 16.2. The number of halogens is 1. The van der Waals surface area contributed by atoms with Crippen molar-refractivity contribution >= 4 is 27.5 Å². The highest BCUT2D eigenvalue weighted by molar-refractivity contribution is 9.10. The predicted molar refractivity (Wildman–Crippen MR) is 67.3 cm³/mol. The number of nitrogens with zero attached hydrogens (tertiary/aromatic N) is 1. The summed E-state index contributed by atoms with van der Waals surface area (Å²) in [6, 6.07) is 5.37. The smallest absolute Gasteiger partial charge is 0.256 e. The molecule has 86 valence electrons. The van der Waals surface area contributed by atoms with Gasteiger partial charge in [0.1, 0.15) is 0 Å². The molecule has 0 aliphatic carbocycles. The van der Waals surface area contributed by atoms with E-state index >= 15 is 0 Å². The Morgan fingerprint density at radius 1 is 1.38 bits per heavy atom. The molecule has 0 spiro atoms. The molecule has 0 bridgehead atoms. The lowest BCUT2D eigenvalue weighted by molar-refractivity contribution is 0.0737. The van der Waals surface area contributed by atoms with Gasteiger partial charge in [-0.25, -0.2) is 0 Å². The second-order valence-corrected chi connectivity index (χ2v) is 4.69. The van der Waals surface area contributed by atoms with Crippen LogP contribution >= 0.6 is 15.9 Å². The van der Waals surface area contributed by atoms with Crippen LogP contribution in [0.25, 0.3) is 0 Å². The topological polar surface area (TPSA) is 58.4 Å². The summed E-state index contributed by atoms with van der Waals surface area (Å²) in [7, 11) is 0. The van der Waals surface area contributed by atoms with Gasteiger partial charge >= 0.3 is 0 Å². The number of hydrogen-bond donors (Lipinski definition) is 2. The Balaban J connectivity index is 2.19. The number of nitrogens with one attached hydrogen (secondary N) is 1. The van der Waals surface area contributed by atoms with Crippen LogP contribution in [-0.4, -0.2) is 37.0 Å². The van der Waals surface area contributed by atoms with Crippen molar-refractivity contribution in [2.24, 2.45) is 0 Å². The van der Waals surface area contributed by atoms with Crippen LogP contribution in [0.4, 0.5) is 5.69 Å². The molecule has 1 aromatic rings. The molecule has 1 heterocycles. The van der Waals surface area contributed by atoms with E-state index in [0.717, 1.165) is 30.7 Å². The number of carbonyl (C=O) groups is 1. The van der Waals surface area contributed by atoms with Crippen molar-refractivity contribution < 1.29 is 4.79 Å². The van der Waals surface area contributed by atoms with Gasteiger partial charge in [-0.15, -0.1) is 0 Å². The molecule has 16 heavy (non-hydrogen) atoms. The third-order valence-corrected chi connectivity index (χ3v) is 3.14. The molecule has 1 saturated heterocycles. The minimum Gasteiger partial charge on any atom is -0.398 e. The van der Waals surface area contributed by atoms with Crippen molar-refractivity contribution in [2.75, 3.05) is 31.9 Å². The minimum absolute atomic E-state index is 0.0199.